The molecule has 3 rings (SSSR count). The van der Waals surface area contributed by atoms with Crippen LogP contribution in [0.1, 0.15) is 21.6 Å². The Morgan fingerprint density at radius 3 is 2.55 bits per heavy atom. The Morgan fingerprint density at radius 2 is 1.97 bits per heavy atom. The summed E-state index contributed by atoms with van der Waals surface area (Å²) in [6.07, 6.45) is 5.40. The molecule has 150 valence electrons. The van der Waals surface area contributed by atoms with E-state index in [0.29, 0.717) is 11.3 Å². The summed E-state index contributed by atoms with van der Waals surface area (Å²) in [4.78, 5) is 34.2. The number of amides is 2. The van der Waals surface area contributed by atoms with Crippen molar-refractivity contribution in [3.05, 3.63) is 72.2 Å². The predicted molar refractivity (Wildman–Crippen MR) is 108 cm³/mol. The van der Waals surface area contributed by atoms with Crippen molar-refractivity contribution < 1.29 is 14.4 Å². The highest BCUT2D eigenvalue weighted by atomic mass is 35.5. The van der Waals surface area contributed by atoms with E-state index in [4.69, 9.17) is 17.3 Å². The van der Waals surface area contributed by atoms with Gasteiger partial charge in [-0.2, -0.15) is 10.2 Å². The second kappa shape index (κ2) is 10.6. The molecule has 2 amide bonds. The van der Waals surface area contributed by atoms with Gasteiger partial charge in [-0.3, -0.25) is 19.5 Å². The van der Waals surface area contributed by atoms with Crippen molar-refractivity contribution in [1.29, 1.82) is 0 Å². The quantitative estimate of drug-likeness (QED) is 0.530. The minimum Gasteiger partial charge on any atom is -0.370 e. The van der Waals surface area contributed by atoms with E-state index in [0.717, 1.165) is 15.8 Å². The molecular weight excluding hydrogens is 396 g/mol. The Bertz CT molecular complexity index is 996. The first-order valence-corrected chi connectivity index (χ1v) is 8.82. The third-order valence-electron chi connectivity index (χ3n) is 3.55. The lowest BCUT2D eigenvalue weighted by molar-refractivity contribution is -0.117. The number of rotatable bonds is 6. The third kappa shape index (κ3) is 6.43. The number of carbonyl (C=O) groups excluding carboxylic acids is 3. The molecule has 0 unspecified atom stereocenters. The summed E-state index contributed by atoms with van der Waals surface area (Å²) < 4.78 is 1.10. The van der Waals surface area contributed by atoms with Gasteiger partial charge >= 0.3 is 0 Å². The molecule has 4 N–H and O–H groups in total. The average molecular weight is 415 g/mol. The lowest BCUT2D eigenvalue weighted by atomic mass is 10.1. The van der Waals surface area contributed by atoms with Crippen LogP contribution < -0.4 is 11.1 Å². The van der Waals surface area contributed by atoms with E-state index in [9.17, 15) is 14.4 Å². The molecule has 0 saturated heterocycles. The molecule has 2 heterocycles. The predicted octanol–water partition coefficient (Wildman–Crippen LogP) is 2.04. The first-order valence-electron chi connectivity index (χ1n) is 8.44. The summed E-state index contributed by atoms with van der Waals surface area (Å²) in [6.45, 7) is 3.50. The Balaban J connectivity index is 0.000000360. The fourth-order valence-electron chi connectivity index (χ4n) is 2.15. The van der Waals surface area contributed by atoms with Crippen LogP contribution in [-0.2, 0) is 4.79 Å². The zero-order chi connectivity index (χ0) is 21.2. The topological polar surface area (TPSA) is 136 Å². The van der Waals surface area contributed by atoms with Crippen molar-refractivity contribution in [2.45, 2.75) is 6.42 Å². The molecule has 3 aromatic rings. The van der Waals surface area contributed by atoms with Crippen molar-refractivity contribution in [1.82, 2.24) is 25.3 Å². The van der Waals surface area contributed by atoms with Crippen LogP contribution in [0.25, 0.3) is 11.3 Å². The summed E-state index contributed by atoms with van der Waals surface area (Å²) >= 11 is 5.54. The lowest BCUT2D eigenvalue weighted by Crippen LogP contribution is -2.27. The largest absolute Gasteiger partial charge is 0.370 e. The normalized spacial score (nSPS) is 9.83. The number of benzene rings is 1. The maximum atomic E-state index is 12.0. The number of nitrogens with two attached hydrogens (primary N) is 1. The molecule has 29 heavy (non-hydrogen) atoms. The molecular formula is C19H19ClN6O3. The van der Waals surface area contributed by atoms with Crippen LogP contribution in [0.2, 0.25) is 5.02 Å². The van der Waals surface area contributed by atoms with Crippen molar-refractivity contribution in [2.24, 2.45) is 5.73 Å². The molecule has 9 nitrogen and oxygen atoms in total. The van der Waals surface area contributed by atoms with Crippen LogP contribution in [0, 0.1) is 0 Å². The number of aromatic amines is 1. The van der Waals surface area contributed by atoms with Crippen molar-refractivity contribution in [3.8, 4) is 11.3 Å². The van der Waals surface area contributed by atoms with Gasteiger partial charge in [-0.05, 0) is 18.2 Å². The van der Waals surface area contributed by atoms with Gasteiger partial charge in [0.05, 0.1) is 23.7 Å². The van der Waals surface area contributed by atoms with Crippen LogP contribution in [0.5, 0.6) is 0 Å². The van der Waals surface area contributed by atoms with E-state index in [1.807, 2.05) is 30.3 Å². The molecule has 0 fully saturated rings. The number of allylic oxidation sites excluding steroid dienone is 1. The maximum absolute atomic E-state index is 12.0. The van der Waals surface area contributed by atoms with Crippen LogP contribution in [0.4, 0.5) is 0 Å². The summed E-state index contributed by atoms with van der Waals surface area (Å²) in [5.74, 6) is -1.30. The zero-order valence-corrected chi connectivity index (χ0v) is 16.1. The monoisotopic (exact) mass is 414 g/mol. The van der Waals surface area contributed by atoms with E-state index in [1.54, 1.807) is 0 Å². The molecule has 0 saturated carbocycles. The fourth-order valence-corrected chi connectivity index (χ4v) is 2.30. The minimum absolute atomic E-state index is 0.0463. The molecule has 0 spiro atoms. The Morgan fingerprint density at radius 1 is 1.24 bits per heavy atom. The maximum Gasteiger partial charge on any atom is 0.270 e. The van der Waals surface area contributed by atoms with Gasteiger partial charge in [0, 0.05) is 29.7 Å². The summed E-state index contributed by atoms with van der Waals surface area (Å²) in [7, 11) is 0. The van der Waals surface area contributed by atoms with Gasteiger partial charge in [-0.1, -0.05) is 36.4 Å². The van der Waals surface area contributed by atoms with E-state index in [1.165, 1.54) is 18.6 Å². The number of hydrogen-bond donors (Lipinski definition) is 3. The summed E-state index contributed by atoms with van der Waals surface area (Å²) in [6, 6.07) is 9.44. The average Bonchev–Trinajstić information content (AvgIpc) is 3.37. The van der Waals surface area contributed by atoms with Gasteiger partial charge in [0.15, 0.2) is 0 Å². The highest BCUT2D eigenvalue weighted by Crippen LogP contribution is 2.20. The standard InChI is InChI=1S/C13H14N6O3.C6H5Cl/c1-2-11(21)19-7-8(5-17-19)12-9(6-16-18-12)13(22)15-4-3-10(14)20;7-6-4-2-1-3-5-6/h2,5-7H,1,3-4H2,(H2,14,20)(H,15,22)(H,16,18);1-5H. The van der Waals surface area contributed by atoms with Crippen LogP contribution >= 0.6 is 11.6 Å². The van der Waals surface area contributed by atoms with Gasteiger partial charge in [0.2, 0.25) is 5.91 Å². The number of H-pyrrole nitrogens is 1. The fraction of sp³-hybridized carbons (Fsp3) is 0.105. The van der Waals surface area contributed by atoms with Gasteiger partial charge < -0.3 is 11.1 Å². The third-order valence-corrected chi connectivity index (χ3v) is 3.80. The number of halogens is 1. The highest BCUT2D eigenvalue weighted by molar-refractivity contribution is 6.30. The molecule has 0 aliphatic heterocycles. The summed E-state index contributed by atoms with van der Waals surface area (Å²) in [5, 5.41) is 13.7. The lowest BCUT2D eigenvalue weighted by Gasteiger charge is -2.03. The van der Waals surface area contributed by atoms with E-state index < -0.39 is 17.7 Å². The first kappa shape index (κ1) is 21.6. The second-order valence-corrected chi connectivity index (χ2v) is 6.08. The number of primary amides is 1. The van der Waals surface area contributed by atoms with Gasteiger partial charge in [-0.25, -0.2) is 4.68 Å². The SMILES string of the molecule is C=CC(=O)n1cc(-c2[nH]ncc2C(=O)NCCC(N)=O)cn1.Clc1ccccc1. The number of hydrogen-bond acceptors (Lipinski definition) is 5. The minimum atomic E-state index is -0.503. The molecule has 0 aliphatic rings. The van der Waals surface area contributed by atoms with Gasteiger partial charge in [0.25, 0.3) is 11.8 Å². The molecule has 0 atom stereocenters. The molecule has 1 aromatic carbocycles. The molecule has 0 radical (unpaired) electrons. The Hall–Kier alpha value is -3.72. The molecule has 2 aromatic heterocycles. The number of nitrogens with one attached hydrogen (secondary N) is 2. The van der Waals surface area contributed by atoms with E-state index in [-0.39, 0.29) is 18.5 Å². The van der Waals surface area contributed by atoms with Crippen molar-refractivity contribution in [2.75, 3.05) is 6.54 Å². The first-order chi connectivity index (χ1) is 13.9. The molecule has 0 aliphatic carbocycles. The number of nitrogens with zero attached hydrogens (tertiary/aromatic N) is 3. The van der Waals surface area contributed by atoms with E-state index >= 15 is 0 Å². The summed E-state index contributed by atoms with van der Waals surface area (Å²) in [5.41, 5.74) is 6.21. The van der Waals surface area contributed by atoms with Crippen LogP contribution in [0.3, 0.4) is 0 Å². The van der Waals surface area contributed by atoms with Crippen LogP contribution in [0.15, 0.2) is 61.6 Å². The smallest absolute Gasteiger partial charge is 0.270 e. The number of carbonyl (C=O) groups is 3. The van der Waals surface area contributed by atoms with Gasteiger partial charge in [-0.15, -0.1) is 0 Å². The molecule has 0 bridgehead atoms. The van der Waals surface area contributed by atoms with Gasteiger partial charge in [0.1, 0.15) is 0 Å². The zero-order valence-electron chi connectivity index (χ0n) is 15.3. The molecule has 10 heteroatoms. The van der Waals surface area contributed by atoms with Crippen LogP contribution in [-0.4, -0.2) is 44.2 Å². The Labute approximate surface area is 171 Å². The highest BCUT2D eigenvalue weighted by Gasteiger charge is 2.17. The van der Waals surface area contributed by atoms with Crippen molar-refractivity contribution >= 4 is 29.3 Å². The number of aromatic nitrogens is 4. The van der Waals surface area contributed by atoms with E-state index in [2.05, 4.69) is 27.2 Å². The van der Waals surface area contributed by atoms with Crippen molar-refractivity contribution in [3.63, 3.8) is 0 Å². The Kier molecular flexibility index (Phi) is 7.87. The second-order valence-electron chi connectivity index (χ2n) is 5.64.